The number of aromatic nitrogens is 4. The summed E-state index contributed by atoms with van der Waals surface area (Å²) in [5.41, 5.74) is 1.18. The lowest BCUT2D eigenvalue weighted by molar-refractivity contribution is -0.137. The summed E-state index contributed by atoms with van der Waals surface area (Å²) in [4.78, 5) is 24.7. The normalized spacial score (nSPS) is 16.2. The van der Waals surface area contributed by atoms with E-state index < -0.39 is 17.8 Å². The summed E-state index contributed by atoms with van der Waals surface area (Å²) < 4.78 is 40.2. The first-order valence-corrected chi connectivity index (χ1v) is 12.8. The van der Waals surface area contributed by atoms with Crippen molar-refractivity contribution in [1.82, 2.24) is 30.4 Å². The van der Waals surface area contributed by atoms with Gasteiger partial charge in [-0.15, -0.1) is 16.9 Å². The van der Waals surface area contributed by atoms with Crippen LogP contribution in [0.1, 0.15) is 11.1 Å². The molecule has 37 heavy (non-hydrogen) atoms. The van der Waals surface area contributed by atoms with E-state index in [1.165, 1.54) is 23.1 Å². The molecule has 2 N–H and O–H groups in total. The first-order chi connectivity index (χ1) is 17.8. The van der Waals surface area contributed by atoms with E-state index in [2.05, 4.69) is 25.7 Å². The number of thioether (sulfide) groups is 1. The van der Waals surface area contributed by atoms with E-state index in [0.717, 1.165) is 22.6 Å². The second-order valence-corrected chi connectivity index (χ2v) is 9.45. The number of hydrogen-bond donors (Lipinski definition) is 2. The van der Waals surface area contributed by atoms with E-state index in [1.54, 1.807) is 18.0 Å². The molecule has 2 aromatic carbocycles. The van der Waals surface area contributed by atoms with Gasteiger partial charge in [0.05, 0.1) is 16.6 Å². The van der Waals surface area contributed by atoms with Crippen molar-refractivity contribution in [3.05, 3.63) is 72.2 Å². The van der Waals surface area contributed by atoms with Crippen LogP contribution in [0.3, 0.4) is 0 Å². The molecule has 1 atom stereocenters. The molecule has 8 nitrogen and oxygen atoms in total. The summed E-state index contributed by atoms with van der Waals surface area (Å²) in [6.07, 6.45) is 0.707. The maximum Gasteiger partial charge on any atom is 0.416 e. The monoisotopic (exact) mass is 527 g/mol. The number of alkyl halides is 3. The van der Waals surface area contributed by atoms with Crippen molar-refractivity contribution in [2.24, 2.45) is 0 Å². The predicted molar refractivity (Wildman–Crippen MR) is 136 cm³/mol. The second-order valence-electron chi connectivity index (χ2n) is 8.57. The molecule has 0 aliphatic carbocycles. The van der Waals surface area contributed by atoms with Gasteiger partial charge in [0.2, 0.25) is 5.91 Å². The number of nitrogens with zero attached hydrogens (tertiary/aromatic N) is 5. The Balaban J connectivity index is 1.30. The summed E-state index contributed by atoms with van der Waals surface area (Å²) >= 11 is 1.66. The maximum atomic E-state index is 12.9. The van der Waals surface area contributed by atoms with E-state index in [1.807, 2.05) is 35.4 Å². The van der Waals surface area contributed by atoms with Crippen molar-refractivity contribution in [3.8, 4) is 5.69 Å². The Hall–Kier alpha value is -3.64. The number of halogens is 3. The number of amides is 1. The molecule has 0 spiro atoms. The summed E-state index contributed by atoms with van der Waals surface area (Å²) in [6.45, 7) is 2.04. The van der Waals surface area contributed by atoms with Gasteiger partial charge in [-0.05, 0) is 48.2 Å². The highest BCUT2D eigenvalue weighted by Crippen LogP contribution is 2.30. The lowest BCUT2D eigenvalue weighted by atomic mass is 10.1. The molecule has 1 amide bonds. The topological polar surface area (TPSA) is 88.0 Å². The van der Waals surface area contributed by atoms with Gasteiger partial charge in [-0.3, -0.25) is 4.79 Å². The molecule has 1 fully saturated rings. The lowest BCUT2D eigenvalue weighted by Gasteiger charge is -2.33. The summed E-state index contributed by atoms with van der Waals surface area (Å²) in [5, 5.41) is 11.3. The molecular formula is C25H24F3N7OS. The minimum Gasteiger partial charge on any atom is -0.353 e. The molecule has 0 unspecified atom stereocenters. The lowest BCUT2D eigenvalue weighted by Crippen LogP contribution is -2.57. The second kappa shape index (κ2) is 10.4. The highest BCUT2D eigenvalue weighted by Gasteiger charge is 2.30. The Labute approximate surface area is 215 Å². The van der Waals surface area contributed by atoms with Gasteiger partial charge < -0.3 is 15.5 Å². The molecule has 1 aliphatic rings. The van der Waals surface area contributed by atoms with Crippen molar-refractivity contribution in [2.75, 3.05) is 30.8 Å². The highest BCUT2D eigenvalue weighted by atomic mass is 32.2. The van der Waals surface area contributed by atoms with Crippen LogP contribution in [0.5, 0.6) is 0 Å². The van der Waals surface area contributed by atoms with Crippen LogP contribution < -0.4 is 15.5 Å². The molecule has 0 radical (unpaired) electrons. The number of hydrogen-bond acceptors (Lipinski definition) is 7. The van der Waals surface area contributed by atoms with E-state index >= 15 is 0 Å². The number of carbonyl (C=O) groups excluding carboxylic acids is 1. The molecule has 2 aromatic heterocycles. The number of benzene rings is 2. The van der Waals surface area contributed by atoms with Crippen molar-refractivity contribution in [1.29, 1.82) is 0 Å². The number of fused-ring (bicyclic) bond motifs is 1. The SMILES string of the molecule is CSc1ccc(CNC(=O)[C@H]2CN(c3ncnc4nn(-c5ccc(C(F)(F)F)cc5)cc34)CCN2)cc1. The van der Waals surface area contributed by atoms with Gasteiger partial charge in [0.15, 0.2) is 5.65 Å². The molecule has 3 heterocycles. The van der Waals surface area contributed by atoms with E-state index in [0.29, 0.717) is 48.7 Å². The molecule has 0 bridgehead atoms. The third kappa shape index (κ3) is 5.54. The smallest absolute Gasteiger partial charge is 0.353 e. The van der Waals surface area contributed by atoms with Gasteiger partial charge in [0.1, 0.15) is 18.2 Å². The third-order valence-corrected chi connectivity index (χ3v) is 6.92. The number of piperazine rings is 1. The van der Waals surface area contributed by atoms with Crippen molar-refractivity contribution >= 4 is 34.5 Å². The average Bonchev–Trinajstić information content (AvgIpc) is 3.36. The van der Waals surface area contributed by atoms with E-state index in [4.69, 9.17) is 0 Å². The number of rotatable bonds is 6. The fourth-order valence-electron chi connectivity index (χ4n) is 4.19. The summed E-state index contributed by atoms with van der Waals surface area (Å²) in [7, 11) is 0. The van der Waals surface area contributed by atoms with Crippen LogP contribution in [0.2, 0.25) is 0 Å². The molecular weight excluding hydrogens is 503 g/mol. The van der Waals surface area contributed by atoms with Crippen LogP contribution in [0.25, 0.3) is 16.7 Å². The zero-order valence-electron chi connectivity index (χ0n) is 19.9. The average molecular weight is 528 g/mol. The van der Waals surface area contributed by atoms with Crippen molar-refractivity contribution in [2.45, 2.75) is 23.7 Å². The molecule has 1 aliphatic heterocycles. The van der Waals surface area contributed by atoms with Gasteiger partial charge in [-0.2, -0.15) is 13.2 Å². The number of anilines is 1. The van der Waals surface area contributed by atoms with Gasteiger partial charge in [0, 0.05) is 37.3 Å². The quantitative estimate of drug-likeness (QED) is 0.370. The highest BCUT2D eigenvalue weighted by molar-refractivity contribution is 7.98. The standard InChI is InChI=1S/C25H24F3N7OS/c1-37-19-8-2-16(3-9-19)12-30-24(36)21-14-34(11-10-29-21)23-20-13-35(33-22(20)31-15-32-23)18-6-4-17(5-7-18)25(26,27)28/h2-9,13,15,21,29H,10-12,14H2,1H3,(H,30,36)/t21-/m1/s1. The fraction of sp³-hybridized carbons (Fsp3) is 0.280. The minimum absolute atomic E-state index is 0.107. The zero-order chi connectivity index (χ0) is 26.0. The Kier molecular flexibility index (Phi) is 7.02. The van der Waals surface area contributed by atoms with Crippen LogP contribution in [-0.4, -0.2) is 57.6 Å². The van der Waals surface area contributed by atoms with Crippen molar-refractivity contribution in [3.63, 3.8) is 0 Å². The van der Waals surface area contributed by atoms with Gasteiger partial charge >= 0.3 is 6.18 Å². The van der Waals surface area contributed by atoms with Crippen LogP contribution in [0.4, 0.5) is 19.0 Å². The molecule has 1 saturated heterocycles. The Morgan fingerprint density at radius 1 is 1.14 bits per heavy atom. The first-order valence-electron chi connectivity index (χ1n) is 11.6. The summed E-state index contributed by atoms with van der Waals surface area (Å²) in [5.74, 6) is 0.513. The number of carbonyl (C=O) groups is 1. The van der Waals surface area contributed by atoms with Crippen LogP contribution >= 0.6 is 11.8 Å². The van der Waals surface area contributed by atoms with E-state index in [-0.39, 0.29) is 5.91 Å². The van der Waals surface area contributed by atoms with Crippen molar-refractivity contribution < 1.29 is 18.0 Å². The Morgan fingerprint density at radius 2 is 1.89 bits per heavy atom. The van der Waals surface area contributed by atoms with Gasteiger partial charge in [-0.1, -0.05) is 12.1 Å². The molecule has 12 heteroatoms. The van der Waals surface area contributed by atoms with Crippen LogP contribution in [0.15, 0.2) is 66.0 Å². The van der Waals surface area contributed by atoms with Gasteiger partial charge in [0.25, 0.3) is 0 Å². The molecule has 0 saturated carbocycles. The van der Waals surface area contributed by atoms with Crippen LogP contribution in [-0.2, 0) is 17.5 Å². The van der Waals surface area contributed by atoms with Crippen LogP contribution in [0, 0.1) is 0 Å². The summed E-state index contributed by atoms with van der Waals surface area (Å²) in [6, 6.07) is 12.4. The molecule has 5 rings (SSSR count). The minimum atomic E-state index is -4.41. The van der Waals surface area contributed by atoms with Gasteiger partial charge in [-0.25, -0.2) is 14.6 Å². The first kappa shape index (κ1) is 25.0. The predicted octanol–water partition coefficient (Wildman–Crippen LogP) is 3.65. The number of nitrogens with one attached hydrogen (secondary N) is 2. The molecule has 192 valence electrons. The fourth-order valence-corrected chi connectivity index (χ4v) is 4.60. The Morgan fingerprint density at radius 3 is 2.59 bits per heavy atom. The largest absolute Gasteiger partial charge is 0.416 e. The third-order valence-electron chi connectivity index (χ3n) is 6.17. The zero-order valence-corrected chi connectivity index (χ0v) is 20.7. The van der Waals surface area contributed by atoms with E-state index in [9.17, 15) is 18.0 Å². The Bertz CT molecular complexity index is 1390. The maximum absolute atomic E-state index is 12.9. The molecule has 4 aromatic rings.